The minimum absolute atomic E-state index is 0.0555. The Morgan fingerprint density at radius 3 is 2.77 bits per heavy atom. The molecular formula is C22H22N4O3S. The molecule has 0 spiro atoms. The van der Waals surface area contributed by atoms with E-state index in [-0.39, 0.29) is 11.7 Å². The van der Waals surface area contributed by atoms with Crippen molar-refractivity contribution in [1.29, 1.82) is 0 Å². The van der Waals surface area contributed by atoms with Crippen molar-refractivity contribution in [2.24, 2.45) is 0 Å². The predicted octanol–water partition coefficient (Wildman–Crippen LogP) is 4.13. The number of nitrogens with one attached hydrogen (secondary N) is 1. The second-order valence-electron chi connectivity index (χ2n) is 6.64. The molecule has 154 valence electrons. The van der Waals surface area contributed by atoms with Gasteiger partial charge in [-0.3, -0.25) is 9.36 Å². The average molecular weight is 423 g/mol. The number of carbonyl (C=O) groups is 1. The maximum Gasteiger partial charge on any atom is 0.230 e. The van der Waals surface area contributed by atoms with Crippen molar-refractivity contribution in [2.75, 3.05) is 12.9 Å². The molecule has 0 unspecified atom stereocenters. The van der Waals surface area contributed by atoms with E-state index < -0.39 is 0 Å². The number of hydrogen-bond donors (Lipinski definition) is 1. The SMILES string of the molecule is CCn1c(SCC(=O)NCc2ccc3cc(OC)ccc3c2)nnc1-c1ccco1. The summed E-state index contributed by atoms with van der Waals surface area (Å²) in [6.07, 6.45) is 1.60. The Morgan fingerprint density at radius 1 is 1.17 bits per heavy atom. The van der Waals surface area contributed by atoms with Crippen molar-refractivity contribution < 1.29 is 13.9 Å². The van der Waals surface area contributed by atoms with Gasteiger partial charge in [0.05, 0.1) is 19.1 Å². The molecule has 7 nitrogen and oxygen atoms in total. The van der Waals surface area contributed by atoms with Crippen molar-refractivity contribution in [3.63, 3.8) is 0 Å². The Kier molecular flexibility index (Phi) is 6.04. The van der Waals surface area contributed by atoms with E-state index in [1.807, 2.05) is 54.0 Å². The van der Waals surface area contributed by atoms with Crippen molar-refractivity contribution in [3.05, 3.63) is 60.4 Å². The maximum atomic E-state index is 12.3. The van der Waals surface area contributed by atoms with Gasteiger partial charge in [0.25, 0.3) is 0 Å². The predicted molar refractivity (Wildman–Crippen MR) is 116 cm³/mol. The molecule has 4 rings (SSSR count). The Bertz CT molecular complexity index is 1150. The summed E-state index contributed by atoms with van der Waals surface area (Å²) in [7, 11) is 1.66. The number of carbonyl (C=O) groups excluding carboxylic acids is 1. The fraction of sp³-hybridized carbons (Fsp3) is 0.227. The number of nitrogens with zero attached hydrogens (tertiary/aromatic N) is 3. The van der Waals surface area contributed by atoms with E-state index in [4.69, 9.17) is 9.15 Å². The molecule has 2 aromatic carbocycles. The van der Waals surface area contributed by atoms with Crippen molar-refractivity contribution in [1.82, 2.24) is 20.1 Å². The van der Waals surface area contributed by atoms with E-state index in [0.29, 0.717) is 29.8 Å². The molecule has 0 bridgehead atoms. The molecule has 1 amide bonds. The van der Waals surface area contributed by atoms with Crippen LogP contribution in [0.1, 0.15) is 12.5 Å². The number of thioether (sulfide) groups is 1. The number of ether oxygens (including phenoxy) is 1. The molecule has 0 saturated carbocycles. The van der Waals surface area contributed by atoms with Crippen LogP contribution in [0.3, 0.4) is 0 Å². The Balaban J connectivity index is 1.35. The first-order valence-corrected chi connectivity index (χ1v) is 10.6. The Labute approximate surface area is 178 Å². The van der Waals surface area contributed by atoms with Crippen molar-refractivity contribution in [3.8, 4) is 17.3 Å². The largest absolute Gasteiger partial charge is 0.497 e. The van der Waals surface area contributed by atoms with Crippen LogP contribution < -0.4 is 10.1 Å². The molecule has 0 aliphatic heterocycles. The Morgan fingerprint density at radius 2 is 2.00 bits per heavy atom. The quantitative estimate of drug-likeness (QED) is 0.430. The van der Waals surface area contributed by atoms with Crippen LogP contribution >= 0.6 is 11.8 Å². The highest BCUT2D eigenvalue weighted by molar-refractivity contribution is 7.99. The maximum absolute atomic E-state index is 12.3. The van der Waals surface area contributed by atoms with Crippen molar-refractivity contribution in [2.45, 2.75) is 25.2 Å². The molecule has 1 N–H and O–H groups in total. The summed E-state index contributed by atoms with van der Waals surface area (Å²) < 4.78 is 12.6. The summed E-state index contributed by atoms with van der Waals surface area (Å²) in [5.41, 5.74) is 1.04. The molecule has 0 saturated heterocycles. The molecular weight excluding hydrogens is 400 g/mol. The van der Waals surface area contributed by atoms with Gasteiger partial charge < -0.3 is 14.5 Å². The topological polar surface area (TPSA) is 82.2 Å². The monoisotopic (exact) mass is 422 g/mol. The zero-order chi connectivity index (χ0) is 20.9. The van der Waals surface area contributed by atoms with Crippen LogP contribution in [0.5, 0.6) is 5.75 Å². The number of hydrogen-bond acceptors (Lipinski definition) is 6. The number of methoxy groups -OCH3 is 1. The number of aromatic nitrogens is 3. The fourth-order valence-electron chi connectivity index (χ4n) is 3.16. The highest BCUT2D eigenvalue weighted by atomic mass is 32.2. The summed E-state index contributed by atoms with van der Waals surface area (Å²) in [5, 5.41) is 14.3. The van der Waals surface area contributed by atoms with Gasteiger partial charge in [-0.15, -0.1) is 10.2 Å². The zero-order valence-electron chi connectivity index (χ0n) is 16.8. The molecule has 0 atom stereocenters. The molecule has 4 aromatic rings. The smallest absolute Gasteiger partial charge is 0.230 e. The highest BCUT2D eigenvalue weighted by Gasteiger charge is 2.16. The summed E-state index contributed by atoms with van der Waals surface area (Å²) >= 11 is 1.36. The normalized spacial score (nSPS) is 11.0. The van der Waals surface area contributed by atoms with Crippen LogP contribution in [0.15, 0.2) is 64.4 Å². The molecule has 2 aromatic heterocycles. The molecule has 30 heavy (non-hydrogen) atoms. The summed E-state index contributed by atoms with van der Waals surface area (Å²) in [6.45, 7) is 3.17. The van der Waals surface area contributed by atoms with Crippen LogP contribution in [0.4, 0.5) is 0 Å². The van der Waals surface area contributed by atoms with Gasteiger partial charge in [0.1, 0.15) is 5.75 Å². The van der Waals surface area contributed by atoms with E-state index >= 15 is 0 Å². The van der Waals surface area contributed by atoms with Gasteiger partial charge in [0.2, 0.25) is 5.91 Å². The van der Waals surface area contributed by atoms with E-state index in [1.54, 1.807) is 13.4 Å². The third kappa shape index (κ3) is 4.33. The van der Waals surface area contributed by atoms with Crippen LogP contribution in [0.25, 0.3) is 22.4 Å². The highest BCUT2D eigenvalue weighted by Crippen LogP contribution is 2.24. The minimum atomic E-state index is -0.0555. The molecule has 0 radical (unpaired) electrons. The molecule has 0 aliphatic rings. The van der Waals surface area contributed by atoms with Gasteiger partial charge >= 0.3 is 0 Å². The minimum Gasteiger partial charge on any atom is -0.497 e. The molecule has 0 aliphatic carbocycles. The fourth-order valence-corrected chi connectivity index (χ4v) is 3.99. The summed E-state index contributed by atoms with van der Waals surface area (Å²) in [6, 6.07) is 15.7. The summed E-state index contributed by atoms with van der Waals surface area (Å²) in [4.78, 5) is 12.3. The lowest BCUT2D eigenvalue weighted by molar-refractivity contribution is -0.118. The first-order chi connectivity index (χ1) is 14.7. The summed E-state index contributed by atoms with van der Waals surface area (Å²) in [5.74, 6) is 2.37. The molecule has 0 fully saturated rings. The van der Waals surface area contributed by atoms with Crippen LogP contribution in [-0.2, 0) is 17.9 Å². The van der Waals surface area contributed by atoms with E-state index in [0.717, 1.165) is 22.1 Å². The van der Waals surface area contributed by atoms with E-state index in [2.05, 4.69) is 21.6 Å². The zero-order valence-corrected chi connectivity index (χ0v) is 17.6. The van der Waals surface area contributed by atoms with Gasteiger partial charge in [-0.05, 0) is 53.6 Å². The van der Waals surface area contributed by atoms with Gasteiger partial charge in [-0.2, -0.15) is 0 Å². The average Bonchev–Trinajstić information content (AvgIpc) is 3.45. The van der Waals surface area contributed by atoms with Gasteiger partial charge in [0.15, 0.2) is 16.7 Å². The van der Waals surface area contributed by atoms with Gasteiger partial charge in [0, 0.05) is 13.1 Å². The second-order valence-corrected chi connectivity index (χ2v) is 7.58. The van der Waals surface area contributed by atoms with Crippen LogP contribution in [0.2, 0.25) is 0 Å². The van der Waals surface area contributed by atoms with Crippen LogP contribution in [-0.4, -0.2) is 33.5 Å². The first kappa shape index (κ1) is 20.0. The number of rotatable bonds is 8. The first-order valence-electron chi connectivity index (χ1n) is 9.61. The second kappa shape index (κ2) is 9.04. The lowest BCUT2D eigenvalue weighted by atomic mass is 10.1. The lowest BCUT2D eigenvalue weighted by Gasteiger charge is -2.08. The number of amides is 1. The third-order valence-electron chi connectivity index (χ3n) is 4.71. The third-order valence-corrected chi connectivity index (χ3v) is 5.68. The number of fused-ring (bicyclic) bond motifs is 1. The Hall–Kier alpha value is -3.26. The van der Waals surface area contributed by atoms with E-state index in [9.17, 15) is 4.79 Å². The van der Waals surface area contributed by atoms with Gasteiger partial charge in [-0.1, -0.05) is 30.0 Å². The lowest BCUT2D eigenvalue weighted by Crippen LogP contribution is -2.24. The number of furan rings is 1. The molecule has 8 heteroatoms. The van der Waals surface area contributed by atoms with E-state index in [1.165, 1.54) is 11.8 Å². The van der Waals surface area contributed by atoms with Crippen molar-refractivity contribution >= 4 is 28.4 Å². The van der Waals surface area contributed by atoms with Gasteiger partial charge in [-0.25, -0.2) is 0 Å². The molecule has 2 heterocycles. The standard InChI is InChI=1S/C22H22N4O3S/c1-3-26-21(19-5-4-10-29-19)24-25-22(26)30-14-20(27)23-13-15-6-7-17-12-18(28-2)9-8-16(17)11-15/h4-12H,3,13-14H2,1-2H3,(H,23,27). The number of benzene rings is 2. The van der Waals surface area contributed by atoms with Crippen LogP contribution in [0, 0.1) is 0 Å².